The van der Waals surface area contributed by atoms with Gasteiger partial charge in [-0.2, -0.15) is 0 Å². The van der Waals surface area contributed by atoms with Crippen LogP contribution in [0.15, 0.2) is 30.5 Å². The van der Waals surface area contributed by atoms with Crippen molar-refractivity contribution >= 4 is 28.9 Å². The maximum absolute atomic E-state index is 10.7. The van der Waals surface area contributed by atoms with Crippen molar-refractivity contribution in [1.29, 1.82) is 0 Å². The van der Waals surface area contributed by atoms with Crippen molar-refractivity contribution < 1.29 is 9.90 Å². The van der Waals surface area contributed by atoms with Gasteiger partial charge >= 0.3 is 5.97 Å². The lowest BCUT2D eigenvalue weighted by Gasteiger charge is -1.99. The molecule has 0 aliphatic rings. The number of benzene rings is 1. The minimum Gasteiger partial charge on any atom is -0.477 e. The van der Waals surface area contributed by atoms with Crippen LogP contribution in [-0.2, 0) is 6.42 Å². The molecule has 1 aromatic heterocycles. The molecule has 0 aliphatic heterocycles. The molecule has 2 rings (SSSR count). The van der Waals surface area contributed by atoms with Crippen molar-refractivity contribution in [3.63, 3.8) is 0 Å². The maximum Gasteiger partial charge on any atom is 0.347 e. The van der Waals surface area contributed by atoms with E-state index in [4.69, 9.17) is 16.7 Å². The average Bonchev–Trinajstić information content (AvgIpc) is 2.70. The van der Waals surface area contributed by atoms with Gasteiger partial charge in [0.2, 0.25) is 0 Å². The quantitative estimate of drug-likeness (QED) is 0.915. The highest BCUT2D eigenvalue weighted by Gasteiger charge is 2.09. The largest absolute Gasteiger partial charge is 0.477 e. The van der Waals surface area contributed by atoms with E-state index in [0.717, 1.165) is 10.6 Å². The van der Waals surface area contributed by atoms with Crippen molar-refractivity contribution in [2.45, 2.75) is 6.42 Å². The van der Waals surface area contributed by atoms with E-state index in [1.807, 2.05) is 24.3 Å². The third-order valence-corrected chi connectivity index (χ3v) is 3.42. The topological polar surface area (TPSA) is 50.2 Å². The van der Waals surface area contributed by atoms with E-state index in [-0.39, 0.29) is 4.88 Å². The zero-order chi connectivity index (χ0) is 11.5. The molecule has 1 heterocycles. The third-order valence-electron chi connectivity index (χ3n) is 2.06. The normalized spacial score (nSPS) is 10.3. The third kappa shape index (κ3) is 2.40. The SMILES string of the molecule is O=C(O)c1cnc(Cc2ccccc2Cl)s1. The van der Waals surface area contributed by atoms with Crippen LogP contribution in [0.2, 0.25) is 5.02 Å². The van der Waals surface area contributed by atoms with E-state index in [1.165, 1.54) is 17.5 Å². The monoisotopic (exact) mass is 253 g/mol. The Bertz CT molecular complexity index is 524. The highest BCUT2D eigenvalue weighted by atomic mass is 35.5. The van der Waals surface area contributed by atoms with Crippen LogP contribution in [0.5, 0.6) is 0 Å². The van der Waals surface area contributed by atoms with Gasteiger partial charge in [0, 0.05) is 11.4 Å². The fourth-order valence-electron chi connectivity index (χ4n) is 1.30. The summed E-state index contributed by atoms with van der Waals surface area (Å²) in [5, 5.41) is 10.2. The minimum absolute atomic E-state index is 0.252. The summed E-state index contributed by atoms with van der Waals surface area (Å²) in [6.07, 6.45) is 1.94. The highest BCUT2D eigenvalue weighted by molar-refractivity contribution is 7.13. The molecule has 0 spiro atoms. The van der Waals surface area contributed by atoms with Crippen molar-refractivity contribution in [3.8, 4) is 0 Å². The van der Waals surface area contributed by atoms with Gasteiger partial charge in [0.15, 0.2) is 0 Å². The van der Waals surface area contributed by atoms with E-state index >= 15 is 0 Å². The smallest absolute Gasteiger partial charge is 0.347 e. The zero-order valence-corrected chi connectivity index (χ0v) is 9.76. The van der Waals surface area contributed by atoms with E-state index in [9.17, 15) is 4.79 Å². The van der Waals surface area contributed by atoms with E-state index in [2.05, 4.69) is 4.98 Å². The Kier molecular flexibility index (Phi) is 3.22. The first-order chi connectivity index (χ1) is 7.66. The summed E-state index contributed by atoms with van der Waals surface area (Å²) < 4.78 is 0. The molecule has 0 fully saturated rings. The van der Waals surface area contributed by atoms with Gasteiger partial charge in [0.1, 0.15) is 4.88 Å². The van der Waals surface area contributed by atoms with Crippen LogP contribution >= 0.6 is 22.9 Å². The van der Waals surface area contributed by atoms with Gasteiger partial charge in [-0.15, -0.1) is 11.3 Å². The van der Waals surface area contributed by atoms with Crippen molar-refractivity contribution in [1.82, 2.24) is 4.98 Å². The van der Waals surface area contributed by atoms with Gasteiger partial charge < -0.3 is 5.11 Å². The number of rotatable bonds is 3. The maximum atomic E-state index is 10.7. The Morgan fingerprint density at radius 1 is 1.44 bits per heavy atom. The zero-order valence-electron chi connectivity index (χ0n) is 8.18. The summed E-state index contributed by atoms with van der Waals surface area (Å²) in [4.78, 5) is 15.0. The average molecular weight is 254 g/mol. The predicted molar refractivity (Wildman–Crippen MR) is 63.3 cm³/mol. The van der Waals surface area contributed by atoms with E-state index in [1.54, 1.807) is 0 Å². The molecule has 0 radical (unpaired) electrons. The molecule has 1 aromatic carbocycles. The molecule has 0 saturated carbocycles. The summed E-state index contributed by atoms with van der Waals surface area (Å²) in [6.45, 7) is 0. The first-order valence-corrected chi connectivity index (χ1v) is 5.77. The fourth-order valence-corrected chi connectivity index (χ4v) is 2.28. The van der Waals surface area contributed by atoms with Crippen molar-refractivity contribution in [2.24, 2.45) is 0 Å². The van der Waals surface area contributed by atoms with Gasteiger partial charge in [-0.3, -0.25) is 0 Å². The van der Waals surface area contributed by atoms with Crippen molar-refractivity contribution in [3.05, 3.63) is 50.9 Å². The first kappa shape index (κ1) is 11.1. The molecule has 0 saturated heterocycles. The van der Waals surface area contributed by atoms with Gasteiger partial charge in [-0.05, 0) is 11.6 Å². The predicted octanol–water partition coefficient (Wildman–Crippen LogP) is 3.09. The molecule has 0 aliphatic carbocycles. The summed E-state index contributed by atoms with van der Waals surface area (Å²) >= 11 is 7.18. The second-order valence-corrected chi connectivity index (χ2v) is 4.71. The summed E-state index contributed by atoms with van der Waals surface area (Å²) in [5.74, 6) is -0.942. The molecule has 0 unspecified atom stereocenters. The Labute approximate surface area is 101 Å². The molecule has 82 valence electrons. The minimum atomic E-state index is -0.942. The lowest BCUT2D eigenvalue weighted by Crippen LogP contribution is -1.89. The highest BCUT2D eigenvalue weighted by Crippen LogP contribution is 2.21. The second-order valence-electron chi connectivity index (χ2n) is 3.19. The number of hydrogen-bond acceptors (Lipinski definition) is 3. The summed E-state index contributed by atoms with van der Waals surface area (Å²) in [7, 11) is 0. The Morgan fingerprint density at radius 3 is 2.81 bits per heavy atom. The number of carboxylic acid groups (broad SMARTS) is 1. The van der Waals surface area contributed by atoms with Crippen LogP contribution in [-0.4, -0.2) is 16.1 Å². The second kappa shape index (κ2) is 4.63. The lowest BCUT2D eigenvalue weighted by atomic mass is 10.2. The van der Waals surface area contributed by atoms with Crippen molar-refractivity contribution in [2.75, 3.05) is 0 Å². The van der Waals surface area contributed by atoms with Crippen LogP contribution in [0.3, 0.4) is 0 Å². The molecule has 0 amide bonds. The molecule has 1 N–H and O–H groups in total. The molecule has 5 heteroatoms. The Hall–Kier alpha value is -1.39. The molecule has 2 aromatic rings. The number of carbonyl (C=O) groups is 1. The van der Waals surface area contributed by atoms with Crippen LogP contribution in [0.4, 0.5) is 0 Å². The van der Waals surface area contributed by atoms with Crippen LogP contribution in [0.1, 0.15) is 20.2 Å². The van der Waals surface area contributed by atoms with Crippen LogP contribution in [0.25, 0.3) is 0 Å². The molecule has 16 heavy (non-hydrogen) atoms. The number of carboxylic acids is 1. The Morgan fingerprint density at radius 2 is 2.19 bits per heavy atom. The molecule has 0 bridgehead atoms. The number of aromatic nitrogens is 1. The van der Waals surface area contributed by atoms with E-state index in [0.29, 0.717) is 11.4 Å². The molecule has 3 nitrogen and oxygen atoms in total. The molecular formula is C11H8ClNO2S. The number of aromatic carboxylic acids is 1. The first-order valence-electron chi connectivity index (χ1n) is 4.58. The van der Waals surface area contributed by atoms with Crippen LogP contribution in [0, 0.1) is 0 Å². The standard InChI is InChI=1S/C11H8ClNO2S/c12-8-4-2-1-3-7(8)5-10-13-6-9(16-10)11(14)15/h1-4,6H,5H2,(H,14,15). The number of thiazole rings is 1. The van der Waals surface area contributed by atoms with Gasteiger partial charge in [0.05, 0.1) is 11.2 Å². The molecule has 0 atom stereocenters. The Balaban J connectivity index is 2.21. The fraction of sp³-hybridized carbons (Fsp3) is 0.0909. The number of halogens is 1. The van der Waals surface area contributed by atoms with Gasteiger partial charge in [-0.1, -0.05) is 29.8 Å². The number of nitrogens with zero attached hydrogens (tertiary/aromatic N) is 1. The molecular weight excluding hydrogens is 246 g/mol. The summed E-state index contributed by atoms with van der Waals surface area (Å²) in [5.41, 5.74) is 0.954. The van der Waals surface area contributed by atoms with Gasteiger partial charge in [-0.25, -0.2) is 9.78 Å². The van der Waals surface area contributed by atoms with Gasteiger partial charge in [0.25, 0.3) is 0 Å². The van der Waals surface area contributed by atoms with E-state index < -0.39 is 5.97 Å². The lowest BCUT2D eigenvalue weighted by molar-refractivity contribution is 0.0702. The summed E-state index contributed by atoms with van der Waals surface area (Å²) in [6, 6.07) is 7.47. The van der Waals surface area contributed by atoms with Crippen LogP contribution < -0.4 is 0 Å². The number of hydrogen-bond donors (Lipinski definition) is 1.